The number of unbranched alkanes of at least 4 members (excludes halogenated alkanes) is 2. The van der Waals surface area contributed by atoms with Crippen LogP contribution in [0.15, 0.2) is 18.2 Å². The van der Waals surface area contributed by atoms with Gasteiger partial charge in [0.1, 0.15) is 10.8 Å². The van der Waals surface area contributed by atoms with Crippen molar-refractivity contribution in [2.24, 2.45) is 0 Å². The molecule has 19 heavy (non-hydrogen) atoms. The quantitative estimate of drug-likeness (QED) is 0.680. The van der Waals surface area contributed by atoms with Crippen molar-refractivity contribution in [3.8, 4) is 5.75 Å². The van der Waals surface area contributed by atoms with Crippen molar-refractivity contribution in [3.63, 3.8) is 0 Å². The van der Waals surface area contributed by atoms with Crippen LogP contribution in [0, 0.1) is 0 Å². The van der Waals surface area contributed by atoms with Gasteiger partial charge in [-0.05, 0) is 63.9 Å². The SMILES string of the molecule is Clc1cccc(OCCCCCN2CCCC2)c1Cl. The monoisotopic (exact) mass is 301 g/mol. The molecule has 0 aromatic heterocycles. The standard InChI is InChI=1S/C15H21Cl2NO/c16-13-7-6-8-14(15(13)17)19-12-5-1-2-9-18-10-3-4-11-18/h6-8H,1-5,9-12H2. The van der Waals surface area contributed by atoms with Gasteiger partial charge in [-0.15, -0.1) is 0 Å². The molecule has 1 heterocycles. The van der Waals surface area contributed by atoms with E-state index in [9.17, 15) is 0 Å². The molecule has 0 radical (unpaired) electrons. The third kappa shape index (κ3) is 4.87. The van der Waals surface area contributed by atoms with Crippen molar-refractivity contribution in [2.45, 2.75) is 32.1 Å². The predicted molar refractivity (Wildman–Crippen MR) is 81.5 cm³/mol. The fourth-order valence-electron chi connectivity index (χ4n) is 2.40. The number of likely N-dealkylation sites (tertiary alicyclic amines) is 1. The number of benzene rings is 1. The van der Waals surface area contributed by atoms with Crippen molar-refractivity contribution >= 4 is 23.2 Å². The first-order chi connectivity index (χ1) is 9.27. The third-order valence-corrected chi connectivity index (χ3v) is 4.29. The van der Waals surface area contributed by atoms with Gasteiger partial charge >= 0.3 is 0 Å². The first kappa shape index (κ1) is 15.0. The maximum atomic E-state index is 6.06. The van der Waals surface area contributed by atoms with Crippen LogP contribution in [0.5, 0.6) is 5.75 Å². The van der Waals surface area contributed by atoms with Gasteiger partial charge < -0.3 is 9.64 Å². The molecular formula is C15H21Cl2NO. The molecule has 1 aliphatic heterocycles. The Morgan fingerprint density at radius 2 is 1.84 bits per heavy atom. The first-order valence-electron chi connectivity index (χ1n) is 7.06. The highest BCUT2D eigenvalue weighted by Gasteiger charge is 2.10. The van der Waals surface area contributed by atoms with Gasteiger partial charge in [0, 0.05) is 0 Å². The summed E-state index contributed by atoms with van der Waals surface area (Å²) in [6.07, 6.45) is 6.27. The van der Waals surface area contributed by atoms with E-state index in [1.807, 2.05) is 12.1 Å². The van der Waals surface area contributed by atoms with Crippen LogP contribution in [0.25, 0.3) is 0 Å². The van der Waals surface area contributed by atoms with Crippen LogP contribution >= 0.6 is 23.2 Å². The van der Waals surface area contributed by atoms with E-state index in [4.69, 9.17) is 27.9 Å². The minimum atomic E-state index is 0.515. The molecule has 4 heteroatoms. The minimum absolute atomic E-state index is 0.515. The van der Waals surface area contributed by atoms with Crippen LogP contribution in [0.1, 0.15) is 32.1 Å². The Hall–Kier alpha value is -0.440. The molecule has 0 amide bonds. The Balaban J connectivity index is 1.57. The summed E-state index contributed by atoms with van der Waals surface area (Å²) in [7, 11) is 0. The van der Waals surface area contributed by atoms with E-state index in [2.05, 4.69) is 4.90 Å². The van der Waals surface area contributed by atoms with Crippen molar-refractivity contribution in [3.05, 3.63) is 28.2 Å². The number of halogens is 2. The van der Waals surface area contributed by atoms with Gasteiger partial charge in [-0.1, -0.05) is 29.3 Å². The van der Waals surface area contributed by atoms with Gasteiger partial charge in [-0.3, -0.25) is 0 Å². The molecule has 1 saturated heterocycles. The van der Waals surface area contributed by atoms with Crippen molar-refractivity contribution in [2.75, 3.05) is 26.2 Å². The molecular weight excluding hydrogens is 281 g/mol. The normalized spacial score (nSPS) is 15.9. The average Bonchev–Trinajstić information content (AvgIpc) is 2.91. The number of hydrogen-bond acceptors (Lipinski definition) is 2. The van der Waals surface area contributed by atoms with E-state index in [0.29, 0.717) is 22.4 Å². The Kier molecular flexibility index (Phi) is 6.29. The zero-order valence-electron chi connectivity index (χ0n) is 11.2. The maximum Gasteiger partial charge on any atom is 0.139 e. The molecule has 2 rings (SSSR count). The molecule has 1 aliphatic rings. The molecule has 1 fully saturated rings. The fraction of sp³-hybridized carbons (Fsp3) is 0.600. The number of rotatable bonds is 7. The molecule has 0 saturated carbocycles. The van der Waals surface area contributed by atoms with Gasteiger partial charge in [0.25, 0.3) is 0 Å². The highest BCUT2D eigenvalue weighted by Crippen LogP contribution is 2.31. The molecule has 0 unspecified atom stereocenters. The summed E-state index contributed by atoms with van der Waals surface area (Å²) in [6.45, 7) is 4.52. The second-order valence-electron chi connectivity index (χ2n) is 5.01. The Bertz CT molecular complexity index is 392. The lowest BCUT2D eigenvalue weighted by molar-refractivity contribution is 0.290. The third-order valence-electron chi connectivity index (χ3n) is 3.49. The molecule has 0 spiro atoms. The first-order valence-corrected chi connectivity index (χ1v) is 7.82. The van der Waals surface area contributed by atoms with Crippen LogP contribution in [-0.4, -0.2) is 31.1 Å². The molecule has 1 aromatic carbocycles. The summed E-state index contributed by atoms with van der Waals surface area (Å²) in [5, 5.41) is 1.06. The van der Waals surface area contributed by atoms with Crippen LogP contribution in [0.4, 0.5) is 0 Å². The van der Waals surface area contributed by atoms with Crippen LogP contribution in [0.2, 0.25) is 10.0 Å². The number of hydrogen-bond donors (Lipinski definition) is 0. The lowest BCUT2D eigenvalue weighted by atomic mass is 10.2. The summed E-state index contributed by atoms with van der Waals surface area (Å²) < 4.78 is 5.66. The number of ether oxygens (including phenoxy) is 1. The highest BCUT2D eigenvalue weighted by atomic mass is 35.5. The lowest BCUT2D eigenvalue weighted by Gasteiger charge is -2.14. The summed E-state index contributed by atoms with van der Waals surface area (Å²) >= 11 is 12.0. The summed E-state index contributed by atoms with van der Waals surface area (Å²) in [5.74, 6) is 0.689. The zero-order chi connectivity index (χ0) is 13.5. The van der Waals surface area contributed by atoms with Crippen molar-refractivity contribution in [1.82, 2.24) is 4.90 Å². The second-order valence-corrected chi connectivity index (χ2v) is 5.79. The Morgan fingerprint density at radius 3 is 2.63 bits per heavy atom. The molecule has 0 N–H and O–H groups in total. The summed E-state index contributed by atoms with van der Waals surface area (Å²) in [4.78, 5) is 2.55. The van der Waals surface area contributed by atoms with Gasteiger partial charge in [-0.2, -0.15) is 0 Å². The second kappa shape index (κ2) is 7.98. The predicted octanol–water partition coefficient (Wildman–Crippen LogP) is 4.64. The lowest BCUT2D eigenvalue weighted by Crippen LogP contribution is -2.20. The van der Waals surface area contributed by atoms with E-state index >= 15 is 0 Å². The van der Waals surface area contributed by atoms with Crippen LogP contribution in [0.3, 0.4) is 0 Å². The largest absolute Gasteiger partial charge is 0.492 e. The van der Waals surface area contributed by atoms with Gasteiger partial charge in [0.2, 0.25) is 0 Å². The Morgan fingerprint density at radius 1 is 1.05 bits per heavy atom. The van der Waals surface area contributed by atoms with Crippen molar-refractivity contribution in [1.29, 1.82) is 0 Å². The molecule has 0 bridgehead atoms. The summed E-state index contributed by atoms with van der Waals surface area (Å²) in [6, 6.07) is 5.49. The molecule has 0 aliphatic carbocycles. The minimum Gasteiger partial charge on any atom is -0.492 e. The Labute approximate surface area is 125 Å². The highest BCUT2D eigenvalue weighted by molar-refractivity contribution is 6.42. The smallest absolute Gasteiger partial charge is 0.139 e. The molecule has 0 atom stereocenters. The van der Waals surface area contributed by atoms with Gasteiger partial charge in [0.05, 0.1) is 11.6 Å². The maximum absolute atomic E-state index is 6.06. The van der Waals surface area contributed by atoms with E-state index in [1.54, 1.807) is 6.07 Å². The fourth-order valence-corrected chi connectivity index (χ4v) is 2.74. The van der Waals surface area contributed by atoms with E-state index in [1.165, 1.54) is 45.3 Å². The number of nitrogens with zero attached hydrogens (tertiary/aromatic N) is 1. The van der Waals surface area contributed by atoms with Crippen LogP contribution < -0.4 is 4.74 Å². The van der Waals surface area contributed by atoms with E-state index < -0.39 is 0 Å². The van der Waals surface area contributed by atoms with E-state index in [0.717, 1.165) is 6.42 Å². The van der Waals surface area contributed by atoms with Gasteiger partial charge in [0.15, 0.2) is 0 Å². The molecule has 2 nitrogen and oxygen atoms in total. The van der Waals surface area contributed by atoms with Crippen molar-refractivity contribution < 1.29 is 4.74 Å². The van der Waals surface area contributed by atoms with E-state index in [-0.39, 0.29) is 0 Å². The zero-order valence-corrected chi connectivity index (χ0v) is 12.7. The average molecular weight is 302 g/mol. The van der Waals surface area contributed by atoms with Crippen LogP contribution in [-0.2, 0) is 0 Å². The van der Waals surface area contributed by atoms with Gasteiger partial charge in [-0.25, -0.2) is 0 Å². The summed E-state index contributed by atoms with van der Waals surface area (Å²) in [5.41, 5.74) is 0. The molecule has 1 aromatic rings. The topological polar surface area (TPSA) is 12.5 Å². The molecule has 106 valence electrons.